The zero-order valence-electron chi connectivity index (χ0n) is 18.5. The van der Waals surface area contributed by atoms with E-state index in [9.17, 15) is 14.0 Å². The Morgan fingerprint density at radius 1 is 1.00 bits per heavy atom. The molecule has 1 aromatic heterocycles. The first-order valence-electron chi connectivity index (χ1n) is 11.1. The molecule has 0 bridgehead atoms. The number of carbonyl (C=O) groups is 2. The average Bonchev–Trinajstić information content (AvgIpc) is 3.29. The second kappa shape index (κ2) is 8.78. The molecule has 3 aromatic rings. The van der Waals surface area contributed by atoms with Crippen molar-refractivity contribution in [2.45, 2.75) is 25.0 Å². The van der Waals surface area contributed by atoms with Crippen LogP contribution in [-0.2, 0) is 22.6 Å². The molecule has 2 aliphatic heterocycles. The van der Waals surface area contributed by atoms with Gasteiger partial charge in [0.1, 0.15) is 17.9 Å². The molecule has 3 heterocycles. The highest BCUT2D eigenvalue weighted by molar-refractivity contribution is 5.97. The van der Waals surface area contributed by atoms with E-state index in [2.05, 4.69) is 10.00 Å². The van der Waals surface area contributed by atoms with Crippen molar-refractivity contribution in [1.82, 2.24) is 24.5 Å². The SMILES string of the molecule is CN1C(=O)[C@H]2CN(Cc3cnn(-c4cccc(F)c4)c3)CCN2C(=O)[C@@H]1Cc1ccccc1. The summed E-state index contributed by atoms with van der Waals surface area (Å²) in [4.78, 5) is 32.0. The van der Waals surface area contributed by atoms with Crippen LogP contribution in [0.15, 0.2) is 67.0 Å². The van der Waals surface area contributed by atoms with Gasteiger partial charge in [0.2, 0.25) is 11.8 Å². The van der Waals surface area contributed by atoms with Crippen LogP contribution < -0.4 is 0 Å². The molecule has 2 saturated heterocycles. The van der Waals surface area contributed by atoms with Crippen molar-refractivity contribution in [3.8, 4) is 5.69 Å². The highest BCUT2D eigenvalue weighted by Gasteiger charge is 2.46. The number of amides is 2. The molecule has 0 saturated carbocycles. The van der Waals surface area contributed by atoms with Crippen LogP contribution in [0.1, 0.15) is 11.1 Å². The Kier molecular flexibility index (Phi) is 5.68. The zero-order chi connectivity index (χ0) is 22.9. The van der Waals surface area contributed by atoms with E-state index in [1.54, 1.807) is 39.9 Å². The normalized spacial score (nSPS) is 21.4. The number of likely N-dealkylation sites (N-methyl/N-ethyl adjacent to an activating group) is 1. The summed E-state index contributed by atoms with van der Waals surface area (Å²) in [5, 5.41) is 4.35. The van der Waals surface area contributed by atoms with Gasteiger partial charge in [0.05, 0.1) is 11.9 Å². The van der Waals surface area contributed by atoms with Crippen LogP contribution in [0.25, 0.3) is 5.69 Å². The second-order valence-corrected chi connectivity index (χ2v) is 8.71. The fourth-order valence-electron chi connectivity index (χ4n) is 4.73. The van der Waals surface area contributed by atoms with Crippen LogP contribution in [0.2, 0.25) is 0 Å². The summed E-state index contributed by atoms with van der Waals surface area (Å²) in [7, 11) is 1.73. The minimum absolute atomic E-state index is 0.0179. The predicted octanol–water partition coefficient (Wildman–Crippen LogP) is 2.11. The molecule has 2 aromatic carbocycles. The Labute approximate surface area is 192 Å². The van der Waals surface area contributed by atoms with E-state index >= 15 is 0 Å². The zero-order valence-corrected chi connectivity index (χ0v) is 18.5. The number of carbonyl (C=O) groups excluding carboxylic acids is 2. The smallest absolute Gasteiger partial charge is 0.247 e. The van der Waals surface area contributed by atoms with Gasteiger partial charge in [0.15, 0.2) is 0 Å². The molecule has 2 fully saturated rings. The lowest BCUT2D eigenvalue weighted by Crippen LogP contribution is -2.69. The summed E-state index contributed by atoms with van der Waals surface area (Å²) in [6, 6.07) is 15.2. The third-order valence-electron chi connectivity index (χ3n) is 6.52. The van der Waals surface area contributed by atoms with Gasteiger partial charge in [-0.25, -0.2) is 9.07 Å². The highest BCUT2D eigenvalue weighted by atomic mass is 19.1. The second-order valence-electron chi connectivity index (χ2n) is 8.71. The maximum absolute atomic E-state index is 13.5. The standard InChI is InChI=1S/C25H26FN5O2/c1-28-22(12-18-6-3-2-4-7-18)25(33)30-11-10-29(17-23(30)24(28)32)15-19-14-27-31(16-19)21-9-5-8-20(26)13-21/h2-9,13-14,16,22-23H,10-12,15,17H2,1H3/t22-,23+/m0/s1. The number of rotatable bonds is 5. The lowest BCUT2D eigenvalue weighted by Gasteiger charge is -2.48. The molecule has 8 heteroatoms. The molecular weight excluding hydrogens is 421 g/mol. The van der Waals surface area contributed by atoms with Gasteiger partial charge < -0.3 is 9.80 Å². The molecule has 170 valence electrons. The summed E-state index contributed by atoms with van der Waals surface area (Å²) in [5.74, 6) is -0.309. The Balaban J connectivity index is 1.26. The predicted molar refractivity (Wildman–Crippen MR) is 121 cm³/mol. The third-order valence-corrected chi connectivity index (χ3v) is 6.52. The molecule has 0 radical (unpaired) electrons. The van der Waals surface area contributed by atoms with Gasteiger partial charge in [-0.3, -0.25) is 14.5 Å². The molecule has 5 rings (SSSR count). The van der Waals surface area contributed by atoms with Crippen molar-refractivity contribution in [2.75, 3.05) is 26.7 Å². The molecule has 0 unspecified atom stereocenters. The summed E-state index contributed by atoms with van der Waals surface area (Å²) >= 11 is 0. The van der Waals surface area contributed by atoms with Crippen LogP contribution in [0.5, 0.6) is 0 Å². The minimum Gasteiger partial charge on any atom is -0.332 e. The van der Waals surface area contributed by atoms with Crippen LogP contribution in [0.4, 0.5) is 4.39 Å². The Morgan fingerprint density at radius 2 is 1.82 bits per heavy atom. The van der Waals surface area contributed by atoms with Crippen molar-refractivity contribution in [2.24, 2.45) is 0 Å². The maximum Gasteiger partial charge on any atom is 0.247 e. The highest BCUT2D eigenvalue weighted by Crippen LogP contribution is 2.24. The number of hydrogen-bond acceptors (Lipinski definition) is 4. The van der Waals surface area contributed by atoms with Crippen molar-refractivity contribution >= 4 is 11.8 Å². The van der Waals surface area contributed by atoms with E-state index in [0.29, 0.717) is 38.3 Å². The summed E-state index contributed by atoms with van der Waals surface area (Å²) < 4.78 is 15.2. The van der Waals surface area contributed by atoms with E-state index in [4.69, 9.17) is 0 Å². The van der Waals surface area contributed by atoms with Gasteiger partial charge in [-0.2, -0.15) is 5.10 Å². The fraction of sp³-hybridized carbons (Fsp3) is 0.320. The average molecular weight is 448 g/mol. The van der Waals surface area contributed by atoms with Crippen LogP contribution in [-0.4, -0.2) is 75.1 Å². The van der Waals surface area contributed by atoms with Crippen LogP contribution >= 0.6 is 0 Å². The van der Waals surface area contributed by atoms with Crippen molar-refractivity contribution in [3.05, 3.63) is 83.9 Å². The maximum atomic E-state index is 13.5. The van der Waals surface area contributed by atoms with E-state index < -0.39 is 12.1 Å². The molecule has 2 aliphatic rings. The topological polar surface area (TPSA) is 61.7 Å². The van der Waals surface area contributed by atoms with Gasteiger partial charge in [0, 0.05) is 51.4 Å². The first-order chi connectivity index (χ1) is 16.0. The molecule has 0 aliphatic carbocycles. The number of hydrogen-bond donors (Lipinski definition) is 0. The molecule has 2 atom stereocenters. The Hall–Kier alpha value is -3.52. The summed E-state index contributed by atoms with van der Waals surface area (Å²) in [6.45, 7) is 2.30. The molecule has 2 amide bonds. The lowest BCUT2D eigenvalue weighted by molar-refractivity contribution is -0.164. The minimum atomic E-state index is -0.471. The first kappa shape index (κ1) is 21.3. The number of halogens is 1. The summed E-state index contributed by atoms with van der Waals surface area (Å²) in [6.07, 6.45) is 4.15. The number of nitrogens with zero attached hydrogens (tertiary/aromatic N) is 5. The van der Waals surface area contributed by atoms with Crippen LogP contribution in [0.3, 0.4) is 0 Å². The monoisotopic (exact) mass is 447 g/mol. The van der Waals surface area contributed by atoms with Crippen molar-refractivity contribution in [3.63, 3.8) is 0 Å². The van der Waals surface area contributed by atoms with E-state index in [1.165, 1.54) is 12.1 Å². The Bertz CT molecular complexity index is 1160. The van der Waals surface area contributed by atoms with E-state index in [-0.39, 0.29) is 17.6 Å². The molecule has 0 N–H and O–H groups in total. The first-order valence-corrected chi connectivity index (χ1v) is 11.1. The number of fused-ring (bicyclic) bond motifs is 1. The van der Waals surface area contributed by atoms with Gasteiger partial charge in [0.25, 0.3) is 0 Å². The summed E-state index contributed by atoms with van der Waals surface area (Å²) in [5.41, 5.74) is 2.67. The molecule has 7 nitrogen and oxygen atoms in total. The number of piperazine rings is 2. The quantitative estimate of drug-likeness (QED) is 0.601. The van der Waals surface area contributed by atoms with Crippen molar-refractivity contribution in [1.29, 1.82) is 0 Å². The van der Waals surface area contributed by atoms with Crippen LogP contribution in [0, 0.1) is 5.82 Å². The largest absolute Gasteiger partial charge is 0.332 e. The van der Waals surface area contributed by atoms with E-state index in [1.807, 2.05) is 36.5 Å². The number of benzene rings is 2. The molecule has 33 heavy (non-hydrogen) atoms. The van der Waals surface area contributed by atoms with Gasteiger partial charge >= 0.3 is 0 Å². The molecular formula is C25H26FN5O2. The van der Waals surface area contributed by atoms with E-state index in [0.717, 1.165) is 11.1 Å². The van der Waals surface area contributed by atoms with Crippen molar-refractivity contribution < 1.29 is 14.0 Å². The van der Waals surface area contributed by atoms with Gasteiger partial charge in [-0.05, 0) is 23.8 Å². The Morgan fingerprint density at radius 3 is 2.61 bits per heavy atom. The third kappa shape index (κ3) is 4.26. The van der Waals surface area contributed by atoms with Gasteiger partial charge in [-0.1, -0.05) is 36.4 Å². The lowest BCUT2D eigenvalue weighted by atomic mass is 9.97. The molecule has 0 spiro atoms. The fourth-order valence-corrected chi connectivity index (χ4v) is 4.73. The number of aromatic nitrogens is 2. The van der Waals surface area contributed by atoms with Gasteiger partial charge in [-0.15, -0.1) is 0 Å².